The molecule has 10 heteroatoms. The highest BCUT2D eigenvalue weighted by molar-refractivity contribution is 6.36. The van der Waals surface area contributed by atoms with Gasteiger partial charge in [-0.05, 0) is 37.3 Å². The third-order valence-electron chi connectivity index (χ3n) is 3.20. The van der Waals surface area contributed by atoms with Gasteiger partial charge in [-0.3, -0.25) is 30.6 Å². The van der Waals surface area contributed by atoms with E-state index in [0.29, 0.717) is 5.02 Å². The minimum Gasteiger partial charge on any atom is -0.481 e. The summed E-state index contributed by atoms with van der Waals surface area (Å²) >= 11 is 11.7. The van der Waals surface area contributed by atoms with Crippen LogP contribution in [0, 0.1) is 10.1 Å². The molecule has 2 aromatic carbocycles. The molecule has 0 spiro atoms. The zero-order valence-corrected chi connectivity index (χ0v) is 14.9. The summed E-state index contributed by atoms with van der Waals surface area (Å²) in [5.41, 5.74) is 4.47. The van der Waals surface area contributed by atoms with Gasteiger partial charge >= 0.3 is 0 Å². The molecule has 1 unspecified atom stereocenters. The zero-order valence-electron chi connectivity index (χ0n) is 13.4. The molecule has 2 aromatic rings. The first-order valence-corrected chi connectivity index (χ1v) is 8.00. The maximum Gasteiger partial charge on any atom is 0.279 e. The van der Waals surface area contributed by atoms with Gasteiger partial charge < -0.3 is 4.74 Å². The Balaban J connectivity index is 1.90. The summed E-state index contributed by atoms with van der Waals surface area (Å²) in [7, 11) is 0. The summed E-state index contributed by atoms with van der Waals surface area (Å²) in [4.78, 5) is 34.0. The van der Waals surface area contributed by atoms with Crippen LogP contribution in [-0.4, -0.2) is 22.8 Å². The Bertz CT molecular complexity index is 842. The van der Waals surface area contributed by atoms with Crippen molar-refractivity contribution in [2.24, 2.45) is 0 Å². The van der Waals surface area contributed by atoms with Crippen LogP contribution >= 0.6 is 23.2 Å². The highest BCUT2D eigenvalue weighted by Gasteiger charge is 2.17. The predicted octanol–water partition coefficient (Wildman–Crippen LogP) is 3.13. The largest absolute Gasteiger partial charge is 0.481 e. The molecular formula is C16H13Cl2N3O5. The minimum absolute atomic E-state index is 0.0958. The van der Waals surface area contributed by atoms with Crippen LogP contribution in [0.25, 0.3) is 0 Å². The van der Waals surface area contributed by atoms with Crippen molar-refractivity contribution in [2.75, 3.05) is 0 Å². The zero-order chi connectivity index (χ0) is 19.3. The predicted molar refractivity (Wildman–Crippen MR) is 95.3 cm³/mol. The third kappa shape index (κ3) is 5.08. The van der Waals surface area contributed by atoms with Gasteiger partial charge in [-0.25, -0.2) is 0 Å². The third-order valence-corrected chi connectivity index (χ3v) is 3.75. The molecule has 0 bridgehead atoms. The van der Waals surface area contributed by atoms with Crippen molar-refractivity contribution in [3.63, 3.8) is 0 Å². The number of amides is 2. The van der Waals surface area contributed by atoms with Crippen LogP contribution < -0.4 is 15.6 Å². The quantitative estimate of drug-likeness (QED) is 0.594. The number of rotatable bonds is 5. The molecule has 0 radical (unpaired) electrons. The van der Waals surface area contributed by atoms with Gasteiger partial charge in [0.2, 0.25) is 0 Å². The van der Waals surface area contributed by atoms with Crippen LogP contribution in [0.3, 0.4) is 0 Å². The second kappa shape index (κ2) is 8.50. The van der Waals surface area contributed by atoms with E-state index in [2.05, 4.69) is 10.9 Å². The molecule has 0 fully saturated rings. The van der Waals surface area contributed by atoms with Crippen LogP contribution in [0.4, 0.5) is 5.69 Å². The SMILES string of the molecule is CC(Oc1ccc([N+](=O)[O-])cc1)C(=O)NNC(=O)c1ccc(Cl)cc1Cl. The van der Waals surface area contributed by atoms with E-state index < -0.39 is 22.8 Å². The van der Waals surface area contributed by atoms with Crippen molar-refractivity contribution in [1.29, 1.82) is 0 Å². The number of hydrazine groups is 1. The van der Waals surface area contributed by atoms with Gasteiger partial charge in [-0.1, -0.05) is 23.2 Å². The lowest BCUT2D eigenvalue weighted by Crippen LogP contribution is -2.47. The fourth-order valence-corrected chi connectivity index (χ4v) is 2.36. The van der Waals surface area contributed by atoms with Crippen molar-refractivity contribution >= 4 is 40.7 Å². The molecule has 0 aliphatic carbocycles. The molecule has 2 rings (SSSR count). The van der Waals surface area contributed by atoms with Crippen LogP contribution in [0.1, 0.15) is 17.3 Å². The lowest BCUT2D eigenvalue weighted by atomic mass is 10.2. The van der Waals surface area contributed by atoms with Crippen molar-refractivity contribution in [2.45, 2.75) is 13.0 Å². The first kappa shape index (κ1) is 19.5. The summed E-state index contributed by atoms with van der Waals surface area (Å²) in [6, 6.07) is 9.56. The molecule has 0 heterocycles. The number of nitrogens with zero attached hydrogens (tertiary/aromatic N) is 1. The lowest BCUT2D eigenvalue weighted by Gasteiger charge is -2.15. The van der Waals surface area contributed by atoms with Crippen molar-refractivity contribution in [3.05, 3.63) is 68.2 Å². The number of benzene rings is 2. The Morgan fingerprint density at radius 1 is 1.12 bits per heavy atom. The first-order chi connectivity index (χ1) is 12.3. The van der Waals surface area contributed by atoms with E-state index in [1.165, 1.54) is 49.4 Å². The lowest BCUT2D eigenvalue weighted by molar-refractivity contribution is -0.384. The summed E-state index contributed by atoms with van der Waals surface area (Å²) in [5, 5.41) is 11.1. The maximum atomic E-state index is 12.0. The molecule has 26 heavy (non-hydrogen) atoms. The number of nitro benzene ring substituents is 1. The number of hydrogen-bond acceptors (Lipinski definition) is 5. The number of ether oxygens (including phenoxy) is 1. The molecule has 2 amide bonds. The highest BCUT2D eigenvalue weighted by Crippen LogP contribution is 2.21. The van der Waals surface area contributed by atoms with Gasteiger partial charge in [-0.15, -0.1) is 0 Å². The van der Waals surface area contributed by atoms with Gasteiger partial charge in [0.1, 0.15) is 5.75 Å². The Hall–Kier alpha value is -2.84. The molecule has 1 atom stereocenters. The van der Waals surface area contributed by atoms with E-state index in [-0.39, 0.29) is 22.0 Å². The number of nitrogens with one attached hydrogen (secondary N) is 2. The van der Waals surface area contributed by atoms with E-state index in [0.717, 1.165) is 0 Å². The highest BCUT2D eigenvalue weighted by atomic mass is 35.5. The molecule has 0 saturated heterocycles. The normalized spacial score (nSPS) is 11.3. The van der Waals surface area contributed by atoms with E-state index in [1.54, 1.807) is 0 Å². The second-order valence-electron chi connectivity index (χ2n) is 5.08. The summed E-state index contributed by atoms with van der Waals surface area (Å²) in [6.45, 7) is 1.46. The van der Waals surface area contributed by atoms with Gasteiger partial charge in [-0.2, -0.15) is 0 Å². The number of carbonyl (C=O) groups excluding carboxylic acids is 2. The number of carbonyl (C=O) groups is 2. The molecular weight excluding hydrogens is 385 g/mol. The molecule has 136 valence electrons. The van der Waals surface area contributed by atoms with Crippen molar-refractivity contribution in [1.82, 2.24) is 10.9 Å². The number of non-ortho nitro benzene ring substituents is 1. The van der Waals surface area contributed by atoms with Crippen molar-refractivity contribution < 1.29 is 19.2 Å². The minimum atomic E-state index is -0.961. The fourth-order valence-electron chi connectivity index (χ4n) is 1.87. The molecule has 0 saturated carbocycles. The summed E-state index contributed by atoms with van der Waals surface area (Å²) < 4.78 is 5.36. The molecule has 0 aliphatic rings. The van der Waals surface area contributed by atoms with Gasteiger partial charge in [0.15, 0.2) is 6.10 Å². The average molecular weight is 398 g/mol. The molecule has 0 aromatic heterocycles. The van der Waals surface area contributed by atoms with Crippen LogP contribution in [0.5, 0.6) is 5.75 Å². The smallest absolute Gasteiger partial charge is 0.279 e. The second-order valence-corrected chi connectivity index (χ2v) is 5.92. The van der Waals surface area contributed by atoms with Crippen molar-refractivity contribution in [3.8, 4) is 5.75 Å². The van der Waals surface area contributed by atoms with Crippen LogP contribution in [0.2, 0.25) is 10.0 Å². The van der Waals surface area contributed by atoms with Crippen LogP contribution in [-0.2, 0) is 4.79 Å². The fraction of sp³-hybridized carbons (Fsp3) is 0.125. The monoisotopic (exact) mass is 397 g/mol. The van der Waals surface area contributed by atoms with E-state index >= 15 is 0 Å². The van der Waals surface area contributed by atoms with Gasteiger partial charge in [0.05, 0.1) is 15.5 Å². The Kier molecular flexibility index (Phi) is 6.37. The Morgan fingerprint density at radius 3 is 2.35 bits per heavy atom. The van der Waals surface area contributed by atoms with E-state index in [4.69, 9.17) is 27.9 Å². The summed E-state index contributed by atoms with van der Waals surface area (Å²) in [6.07, 6.45) is -0.961. The van der Waals surface area contributed by atoms with E-state index in [1.807, 2.05) is 0 Å². The standard InChI is InChI=1S/C16H13Cl2N3O5/c1-9(26-12-5-3-11(4-6-12)21(24)25)15(22)19-20-16(23)13-7-2-10(17)8-14(13)18/h2-9H,1H3,(H,19,22)(H,20,23). The molecule has 8 nitrogen and oxygen atoms in total. The van der Waals surface area contributed by atoms with Gasteiger partial charge in [0, 0.05) is 17.2 Å². The van der Waals surface area contributed by atoms with Crippen LogP contribution in [0.15, 0.2) is 42.5 Å². The maximum absolute atomic E-state index is 12.0. The molecule has 2 N–H and O–H groups in total. The Morgan fingerprint density at radius 2 is 1.77 bits per heavy atom. The van der Waals surface area contributed by atoms with Gasteiger partial charge in [0.25, 0.3) is 17.5 Å². The number of halogens is 2. The Labute approximate surface area is 158 Å². The molecule has 0 aliphatic heterocycles. The number of hydrogen-bond donors (Lipinski definition) is 2. The summed E-state index contributed by atoms with van der Waals surface area (Å²) in [5.74, 6) is -0.977. The number of nitro groups is 1. The average Bonchev–Trinajstić information content (AvgIpc) is 2.59. The first-order valence-electron chi connectivity index (χ1n) is 7.24. The topological polar surface area (TPSA) is 111 Å². The van der Waals surface area contributed by atoms with E-state index in [9.17, 15) is 19.7 Å².